The lowest BCUT2D eigenvalue weighted by atomic mass is 10.3. The van der Waals surface area contributed by atoms with Crippen molar-refractivity contribution in [3.05, 3.63) is 42.1 Å². The summed E-state index contributed by atoms with van der Waals surface area (Å²) in [7, 11) is -3.62. The summed E-state index contributed by atoms with van der Waals surface area (Å²) in [6.45, 7) is 5.99. The zero-order chi connectivity index (χ0) is 15.6. The Morgan fingerprint density at radius 3 is 2.57 bits per heavy atom. The van der Waals surface area contributed by atoms with Gasteiger partial charge >= 0.3 is 0 Å². The van der Waals surface area contributed by atoms with E-state index in [0.29, 0.717) is 12.3 Å². The van der Waals surface area contributed by atoms with Gasteiger partial charge in [-0.3, -0.25) is 0 Å². The molecule has 0 aliphatic rings. The number of furan rings is 1. The fraction of sp³-hybridized carbons (Fsp3) is 0.429. The molecule has 0 fully saturated rings. The second-order valence-electron chi connectivity index (χ2n) is 5.23. The zero-order valence-electron chi connectivity index (χ0n) is 12.4. The summed E-state index contributed by atoms with van der Waals surface area (Å²) in [5, 5.41) is 0. The predicted molar refractivity (Wildman–Crippen MR) is 80.2 cm³/mol. The van der Waals surface area contributed by atoms with E-state index in [2.05, 4.69) is 4.72 Å². The average molecular weight is 311 g/mol. The van der Waals surface area contributed by atoms with Gasteiger partial charge in [-0.1, -0.05) is 0 Å². The monoisotopic (exact) mass is 311 g/mol. The summed E-state index contributed by atoms with van der Waals surface area (Å²) in [6, 6.07) is 4.78. The third-order valence-electron chi connectivity index (χ3n) is 3.28. The molecule has 0 aliphatic carbocycles. The maximum Gasteiger partial charge on any atom is 0.242 e. The molecule has 2 rings (SSSR count). The number of hydrogen-bond donors (Lipinski definition) is 2. The van der Waals surface area contributed by atoms with Crippen molar-refractivity contribution >= 4 is 10.0 Å². The van der Waals surface area contributed by atoms with Crippen LogP contribution in [0, 0.1) is 0 Å². The van der Waals surface area contributed by atoms with E-state index in [4.69, 9.17) is 10.2 Å². The van der Waals surface area contributed by atoms with Gasteiger partial charge in [0.2, 0.25) is 10.0 Å². The van der Waals surface area contributed by atoms with Gasteiger partial charge < -0.3 is 14.7 Å². The number of sulfonamides is 1. The molecule has 1 unspecified atom stereocenters. The van der Waals surface area contributed by atoms with Gasteiger partial charge in [0.05, 0.1) is 17.2 Å². The first-order valence-corrected chi connectivity index (χ1v) is 8.30. The SMILES string of the molecule is CC(NS(=O)(=O)c1cc(CN)n(C(C)C)c1)c1ccco1. The number of rotatable bonds is 6. The molecule has 0 aliphatic heterocycles. The van der Waals surface area contributed by atoms with Crippen molar-refractivity contribution in [2.45, 2.75) is 44.3 Å². The molecule has 0 spiro atoms. The van der Waals surface area contributed by atoms with Gasteiger partial charge in [-0.05, 0) is 39.0 Å². The predicted octanol–water partition coefficient (Wildman–Crippen LogP) is 2.16. The molecular formula is C14H21N3O3S. The highest BCUT2D eigenvalue weighted by molar-refractivity contribution is 7.89. The van der Waals surface area contributed by atoms with E-state index >= 15 is 0 Å². The van der Waals surface area contributed by atoms with Gasteiger partial charge in [-0.15, -0.1) is 0 Å². The number of hydrogen-bond acceptors (Lipinski definition) is 4. The molecular weight excluding hydrogens is 290 g/mol. The highest BCUT2D eigenvalue weighted by Gasteiger charge is 2.22. The summed E-state index contributed by atoms with van der Waals surface area (Å²) >= 11 is 0. The number of nitrogens with zero attached hydrogens (tertiary/aromatic N) is 1. The van der Waals surface area contributed by atoms with E-state index in [9.17, 15) is 8.42 Å². The van der Waals surface area contributed by atoms with Crippen LogP contribution in [-0.4, -0.2) is 13.0 Å². The Morgan fingerprint density at radius 2 is 2.10 bits per heavy atom. The molecule has 3 N–H and O–H groups in total. The summed E-state index contributed by atoms with van der Waals surface area (Å²) in [6.07, 6.45) is 3.13. The van der Waals surface area contributed by atoms with Crippen molar-refractivity contribution in [1.29, 1.82) is 0 Å². The summed E-state index contributed by atoms with van der Waals surface area (Å²) < 4.78 is 34.6. The standard InChI is InChI=1S/C14H21N3O3S/c1-10(2)17-9-13(7-12(17)8-15)21(18,19)16-11(3)14-5-4-6-20-14/h4-7,9-11,16H,8,15H2,1-3H3. The second-order valence-corrected chi connectivity index (χ2v) is 6.94. The van der Waals surface area contributed by atoms with Crippen molar-refractivity contribution in [3.8, 4) is 0 Å². The highest BCUT2D eigenvalue weighted by Crippen LogP contribution is 2.21. The van der Waals surface area contributed by atoms with E-state index in [1.165, 1.54) is 6.26 Å². The van der Waals surface area contributed by atoms with Crippen molar-refractivity contribution in [1.82, 2.24) is 9.29 Å². The van der Waals surface area contributed by atoms with Crippen LogP contribution in [0.1, 0.15) is 44.3 Å². The molecule has 1 atom stereocenters. The molecule has 2 aromatic heterocycles. The Morgan fingerprint density at radius 1 is 1.38 bits per heavy atom. The topological polar surface area (TPSA) is 90.3 Å². The van der Waals surface area contributed by atoms with Gasteiger partial charge in [0, 0.05) is 24.5 Å². The van der Waals surface area contributed by atoms with Gasteiger partial charge in [0.15, 0.2) is 0 Å². The third kappa shape index (κ3) is 3.37. The molecule has 0 saturated heterocycles. The molecule has 0 bridgehead atoms. The molecule has 116 valence electrons. The van der Waals surface area contributed by atoms with Crippen LogP contribution >= 0.6 is 0 Å². The van der Waals surface area contributed by atoms with Crippen molar-refractivity contribution < 1.29 is 12.8 Å². The number of nitrogens with two attached hydrogens (primary N) is 1. The normalized spacial score (nSPS) is 13.8. The average Bonchev–Trinajstić information content (AvgIpc) is 3.07. The maximum atomic E-state index is 12.4. The fourth-order valence-corrected chi connectivity index (χ4v) is 3.45. The van der Waals surface area contributed by atoms with Crippen molar-refractivity contribution in [2.24, 2.45) is 5.73 Å². The zero-order valence-corrected chi connectivity index (χ0v) is 13.2. The first kappa shape index (κ1) is 15.8. The van der Waals surface area contributed by atoms with Crippen LogP contribution in [0.5, 0.6) is 0 Å². The van der Waals surface area contributed by atoms with E-state index in [1.807, 2.05) is 18.4 Å². The molecule has 0 saturated carbocycles. The van der Waals surface area contributed by atoms with E-state index in [1.54, 1.807) is 31.3 Å². The quantitative estimate of drug-likeness (QED) is 0.855. The molecule has 0 amide bonds. The Balaban J connectivity index is 2.27. The summed E-state index contributed by atoms with van der Waals surface area (Å²) in [5.74, 6) is 0.570. The van der Waals surface area contributed by atoms with E-state index in [0.717, 1.165) is 5.69 Å². The first-order valence-electron chi connectivity index (χ1n) is 6.81. The molecule has 0 radical (unpaired) electrons. The minimum atomic E-state index is -3.62. The van der Waals surface area contributed by atoms with Gasteiger partial charge in [0.1, 0.15) is 5.76 Å². The Bertz CT molecular complexity index is 687. The molecule has 21 heavy (non-hydrogen) atoms. The number of nitrogens with one attached hydrogen (secondary N) is 1. The van der Waals surface area contributed by atoms with Crippen molar-refractivity contribution in [3.63, 3.8) is 0 Å². The van der Waals surface area contributed by atoms with Crippen LogP contribution in [0.25, 0.3) is 0 Å². The fourth-order valence-electron chi connectivity index (χ4n) is 2.18. The van der Waals surface area contributed by atoms with E-state index < -0.39 is 16.1 Å². The van der Waals surface area contributed by atoms with Gasteiger partial charge in [-0.25, -0.2) is 13.1 Å². The summed E-state index contributed by atoms with van der Waals surface area (Å²) in [4.78, 5) is 0.218. The van der Waals surface area contributed by atoms with Crippen LogP contribution in [0.2, 0.25) is 0 Å². The molecule has 7 heteroatoms. The highest BCUT2D eigenvalue weighted by atomic mass is 32.2. The van der Waals surface area contributed by atoms with E-state index in [-0.39, 0.29) is 10.9 Å². The van der Waals surface area contributed by atoms with Gasteiger partial charge in [-0.2, -0.15) is 0 Å². The van der Waals surface area contributed by atoms with Crippen LogP contribution in [0.15, 0.2) is 40.0 Å². The largest absolute Gasteiger partial charge is 0.468 e. The molecule has 0 aromatic carbocycles. The molecule has 6 nitrogen and oxygen atoms in total. The lowest BCUT2D eigenvalue weighted by Crippen LogP contribution is -2.26. The number of aromatic nitrogens is 1. The Kier molecular flexibility index (Phi) is 4.55. The first-order chi connectivity index (χ1) is 9.85. The third-order valence-corrected chi connectivity index (χ3v) is 4.79. The molecule has 2 heterocycles. The Hall–Kier alpha value is -1.57. The Labute approximate surface area is 125 Å². The van der Waals surface area contributed by atoms with Crippen molar-refractivity contribution in [2.75, 3.05) is 0 Å². The van der Waals surface area contributed by atoms with Crippen LogP contribution in [-0.2, 0) is 16.6 Å². The maximum absolute atomic E-state index is 12.4. The second kappa shape index (κ2) is 6.05. The lowest BCUT2D eigenvalue weighted by molar-refractivity contribution is 0.459. The lowest BCUT2D eigenvalue weighted by Gasteiger charge is -2.12. The molecule has 2 aromatic rings. The smallest absolute Gasteiger partial charge is 0.242 e. The minimum Gasteiger partial charge on any atom is -0.468 e. The minimum absolute atomic E-state index is 0.148. The van der Waals surface area contributed by atoms with Crippen LogP contribution in [0.4, 0.5) is 0 Å². The van der Waals surface area contributed by atoms with Gasteiger partial charge in [0.25, 0.3) is 0 Å². The van der Waals surface area contributed by atoms with Crippen LogP contribution < -0.4 is 10.5 Å². The van der Waals surface area contributed by atoms with Crippen LogP contribution in [0.3, 0.4) is 0 Å². The summed E-state index contributed by atoms with van der Waals surface area (Å²) in [5.41, 5.74) is 6.46.